The first-order valence-electron chi connectivity index (χ1n) is 6.13. The van der Waals surface area contributed by atoms with Crippen LogP contribution in [0.4, 0.5) is 0 Å². The van der Waals surface area contributed by atoms with Crippen LogP contribution in [0.1, 0.15) is 23.2 Å². The van der Waals surface area contributed by atoms with Gasteiger partial charge < -0.3 is 10.5 Å². The molecule has 0 saturated carbocycles. The topological polar surface area (TPSA) is 48.1 Å². The molecule has 2 aromatic rings. The first-order chi connectivity index (χ1) is 9.04. The number of thiophene rings is 1. The van der Waals surface area contributed by atoms with Gasteiger partial charge in [0.1, 0.15) is 12.4 Å². The highest BCUT2D eigenvalue weighted by Crippen LogP contribution is 2.25. The molecule has 0 aromatic carbocycles. The van der Waals surface area contributed by atoms with E-state index >= 15 is 0 Å². The summed E-state index contributed by atoms with van der Waals surface area (Å²) in [4.78, 5) is 5.70. The van der Waals surface area contributed by atoms with Crippen LogP contribution in [0.2, 0.25) is 0 Å². The van der Waals surface area contributed by atoms with E-state index in [1.54, 1.807) is 11.3 Å². The van der Waals surface area contributed by atoms with Crippen molar-refractivity contribution in [3.8, 4) is 5.75 Å². The van der Waals surface area contributed by atoms with Crippen LogP contribution >= 0.6 is 27.3 Å². The number of pyridine rings is 1. The van der Waals surface area contributed by atoms with Gasteiger partial charge in [0.2, 0.25) is 0 Å². The van der Waals surface area contributed by atoms with Crippen molar-refractivity contribution in [3.63, 3.8) is 0 Å². The number of halogens is 1. The SMILES string of the molecule is Cc1ccc(OCc2ccc(Br)s2)c(CC(C)N)n1. The van der Waals surface area contributed by atoms with Gasteiger partial charge in [0.25, 0.3) is 0 Å². The van der Waals surface area contributed by atoms with Crippen LogP contribution in [0.5, 0.6) is 5.75 Å². The highest BCUT2D eigenvalue weighted by Gasteiger charge is 2.09. The molecule has 0 radical (unpaired) electrons. The van der Waals surface area contributed by atoms with Crippen LogP contribution in [0, 0.1) is 6.92 Å². The highest BCUT2D eigenvalue weighted by atomic mass is 79.9. The summed E-state index contributed by atoms with van der Waals surface area (Å²) in [6.45, 7) is 4.52. The standard InChI is InChI=1S/C14H17BrN2OS/c1-9(16)7-12-13(5-3-10(2)17-12)18-8-11-4-6-14(15)19-11/h3-6,9H,7-8,16H2,1-2H3. The van der Waals surface area contributed by atoms with Crippen LogP contribution in [0.25, 0.3) is 0 Å². The van der Waals surface area contributed by atoms with Crippen LogP contribution < -0.4 is 10.5 Å². The van der Waals surface area contributed by atoms with Gasteiger partial charge in [-0.05, 0) is 54.0 Å². The molecular formula is C14H17BrN2OS. The molecule has 0 aliphatic carbocycles. The van der Waals surface area contributed by atoms with E-state index in [9.17, 15) is 0 Å². The van der Waals surface area contributed by atoms with E-state index in [4.69, 9.17) is 10.5 Å². The predicted octanol–water partition coefficient (Wildman–Crippen LogP) is 3.68. The minimum absolute atomic E-state index is 0.0764. The zero-order chi connectivity index (χ0) is 13.8. The van der Waals surface area contributed by atoms with Gasteiger partial charge >= 0.3 is 0 Å². The van der Waals surface area contributed by atoms with Gasteiger partial charge in [0.05, 0.1) is 9.48 Å². The van der Waals surface area contributed by atoms with Gasteiger partial charge in [-0.3, -0.25) is 4.98 Å². The number of nitrogens with two attached hydrogens (primary N) is 1. The van der Waals surface area contributed by atoms with Gasteiger partial charge in [-0.2, -0.15) is 0 Å². The normalized spacial score (nSPS) is 12.4. The number of hydrogen-bond donors (Lipinski definition) is 1. The molecular weight excluding hydrogens is 324 g/mol. The molecule has 0 saturated heterocycles. The van der Waals surface area contributed by atoms with Gasteiger partial charge in [0, 0.05) is 23.0 Å². The lowest BCUT2D eigenvalue weighted by atomic mass is 10.1. The van der Waals surface area contributed by atoms with Gasteiger partial charge in [-0.15, -0.1) is 11.3 Å². The molecule has 1 unspecified atom stereocenters. The fourth-order valence-electron chi connectivity index (χ4n) is 1.76. The third kappa shape index (κ3) is 4.30. The van der Waals surface area contributed by atoms with E-state index in [1.807, 2.05) is 32.0 Å². The molecule has 0 aliphatic rings. The second-order valence-electron chi connectivity index (χ2n) is 4.57. The Morgan fingerprint density at radius 1 is 1.37 bits per heavy atom. The van der Waals surface area contributed by atoms with E-state index < -0.39 is 0 Å². The number of nitrogens with zero attached hydrogens (tertiary/aromatic N) is 1. The van der Waals surface area contributed by atoms with E-state index in [2.05, 4.69) is 27.0 Å². The smallest absolute Gasteiger partial charge is 0.141 e. The summed E-state index contributed by atoms with van der Waals surface area (Å²) >= 11 is 5.13. The molecule has 2 aromatic heterocycles. The van der Waals surface area contributed by atoms with Gasteiger partial charge in [-0.25, -0.2) is 0 Å². The predicted molar refractivity (Wildman–Crippen MR) is 82.7 cm³/mol. The minimum Gasteiger partial charge on any atom is -0.486 e. The van der Waals surface area contributed by atoms with Crippen molar-refractivity contribution in [1.82, 2.24) is 4.98 Å². The summed E-state index contributed by atoms with van der Waals surface area (Å²) in [7, 11) is 0. The van der Waals surface area contributed by atoms with E-state index in [0.717, 1.165) is 27.3 Å². The number of aromatic nitrogens is 1. The fourth-order valence-corrected chi connectivity index (χ4v) is 3.15. The summed E-state index contributed by atoms with van der Waals surface area (Å²) in [6.07, 6.45) is 0.727. The zero-order valence-electron chi connectivity index (χ0n) is 11.0. The van der Waals surface area contributed by atoms with Crippen molar-refractivity contribution in [2.75, 3.05) is 0 Å². The van der Waals surface area contributed by atoms with Crippen molar-refractivity contribution in [2.45, 2.75) is 32.9 Å². The van der Waals surface area contributed by atoms with Crippen molar-refractivity contribution < 1.29 is 4.74 Å². The molecule has 2 heterocycles. The van der Waals surface area contributed by atoms with Crippen LogP contribution in [0.15, 0.2) is 28.1 Å². The Morgan fingerprint density at radius 3 is 2.79 bits per heavy atom. The maximum absolute atomic E-state index is 5.86. The average Bonchev–Trinajstić information content (AvgIpc) is 2.73. The second-order valence-corrected chi connectivity index (χ2v) is 7.12. The average molecular weight is 341 g/mol. The number of ether oxygens (including phenoxy) is 1. The Bertz CT molecular complexity index is 554. The first kappa shape index (κ1) is 14.5. The molecule has 19 heavy (non-hydrogen) atoms. The Balaban J connectivity index is 2.10. The lowest BCUT2D eigenvalue weighted by molar-refractivity contribution is 0.304. The van der Waals surface area contributed by atoms with Crippen molar-refractivity contribution >= 4 is 27.3 Å². The molecule has 0 fully saturated rings. The van der Waals surface area contributed by atoms with Gasteiger partial charge in [0.15, 0.2) is 0 Å². The largest absolute Gasteiger partial charge is 0.486 e. The fraction of sp³-hybridized carbons (Fsp3) is 0.357. The molecule has 0 bridgehead atoms. The molecule has 0 spiro atoms. The summed E-state index contributed by atoms with van der Waals surface area (Å²) in [5.41, 5.74) is 7.78. The molecule has 0 aliphatic heterocycles. The van der Waals surface area contributed by atoms with Crippen molar-refractivity contribution in [2.24, 2.45) is 5.73 Å². The monoisotopic (exact) mass is 340 g/mol. The summed E-state index contributed by atoms with van der Waals surface area (Å²) in [5, 5.41) is 0. The quantitative estimate of drug-likeness (QED) is 0.902. The Labute approximate surface area is 125 Å². The van der Waals surface area contributed by atoms with E-state index in [-0.39, 0.29) is 6.04 Å². The summed E-state index contributed by atoms with van der Waals surface area (Å²) in [5.74, 6) is 0.826. The number of rotatable bonds is 5. The first-order valence-corrected chi connectivity index (χ1v) is 7.74. The minimum atomic E-state index is 0.0764. The molecule has 1 atom stereocenters. The maximum Gasteiger partial charge on any atom is 0.141 e. The molecule has 2 rings (SSSR count). The summed E-state index contributed by atoms with van der Waals surface area (Å²) < 4.78 is 6.98. The Kier molecular flexibility index (Phi) is 4.96. The van der Waals surface area contributed by atoms with Crippen LogP contribution in [-0.2, 0) is 13.0 Å². The Hall–Kier alpha value is -0.910. The van der Waals surface area contributed by atoms with Gasteiger partial charge in [-0.1, -0.05) is 0 Å². The summed E-state index contributed by atoms with van der Waals surface area (Å²) in [6, 6.07) is 8.10. The van der Waals surface area contributed by atoms with E-state index in [0.29, 0.717) is 6.61 Å². The molecule has 2 N–H and O–H groups in total. The van der Waals surface area contributed by atoms with Crippen molar-refractivity contribution in [1.29, 1.82) is 0 Å². The van der Waals surface area contributed by atoms with Crippen LogP contribution in [-0.4, -0.2) is 11.0 Å². The maximum atomic E-state index is 5.86. The molecule has 3 nitrogen and oxygen atoms in total. The van der Waals surface area contributed by atoms with E-state index in [1.165, 1.54) is 4.88 Å². The molecule has 0 amide bonds. The molecule has 5 heteroatoms. The van der Waals surface area contributed by atoms with Crippen LogP contribution in [0.3, 0.4) is 0 Å². The van der Waals surface area contributed by atoms with Crippen molar-refractivity contribution in [3.05, 3.63) is 44.3 Å². The third-order valence-electron chi connectivity index (χ3n) is 2.59. The lowest BCUT2D eigenvalue weighted by Crippen LogP contribution is -2.19. The zero-order valence-corrected chi connectivity index (χ0v) is 13.4. The Morgan fingerprint density at radius 2 is 2.16 bits per heavy atom. The molecule has 102 valence electrons. The number of hydrogen-bond acceptors (Lipinski definition) is 4. The third-order valence-corrected chi connectivity index (χ3v) is 4.18. The highest BCUT2D eigenvalue weighted by molar-refractivity contribution is 9.11. The lowest BCUT2D eigenvalue weighted by Gasteiger charge is -2.12. The second kappa shape index (κ2) is 6.50. The number of aryl methyl sites for hydroxylation is 1.